The van der Waals surface area contributed by atoms with Gasteiger partial charge in [0.05, 0.1) is 11.6 Å². The number of amides is 1. The smallest absolute Gasteiger partial charge is 0.301 e. The molecule has 230 valence electrons. The van der Waals surface area contributed by atoms with Crippen LogP contribution in [0.25, 0.3) is 5.76 Å². The lowest BCUT2D eigenvalue weighted by Gasteiger charge is -2.23. The van der Waals surface area contributed by atoms with Crippen molar-refractivity contribution in [1.82, 2.24) is 10.2 Å². The number of halogens is 1. The quantitative estimate of drug-likeness (QED) is 0.0585. The molecule has 0 bridgehead atoms. The number of anilines is 1. The van der Waals surface area contributed by atoms with Gasteiger partial charge < -0.3 is 19.3 Å². The summed E-state index contributed by atoms with van der Waals surface area (Å²) in [5.41, 5.74) is 1.67. The highest BCUT2D eigenvalue weighted by Crippen LogP contribution is 2.45. The fourth-order valence-corrected chi connectivity index (χ4v) is 7.33. The summed E-state index contributed by atoms with van der Waals surface area (Å²) >= 11 is 8.92. The van der Waals surface area contributed by atoms with E-state index in [1.165, 1.54) is 28.0 Å². The van der Waals surface area contributed by atoms with E-state index in [-0.39, 0.29) is 16.5 Å². The minimum absolute atomic E-state index is 0.0981. The molecule has 0 radical (unpaired) electrons. The van der Waals surface area contributed by atoms with E-state index in [2.05, 4.69) is 10.2 Å². The third-order valence-corrected chi connectivity index (χ3v) is 9.80. The molecule has 2 aliphatic rings. The summed E-state index contributed by atoms with van der Waals surface area (Å²) in [7, 11) is 0. The zero-order valence-corrected chi connectivity index (χ0v) is 26.3. The predicted molar refractivity (Wildman–Crippen MR) is 176 cm³/mol. The number of Topliss-reactive ketones (excluding diaryl/α,β-unsaturated/α-hetero) is 1. The molecule has 0 spiro atoms. The van der Waals surface area contributed by atoms with E-state index >= 15 is 0 Å². The SMILES string of the molecule is O=C1C(=O)N(c2nnc(SCc3ccccc3Cl)s2)C(c2cccc(Oc3ccccc3)c2)/C1=C(\O)c1ccc2c(c1)OCCO2. The molecule has 7 rings (SSSR count). The van der Waals surface area contributed by atoms with Crippen LogP contribution < -0.4 is 19.1 Å². The number of thioether (sulfide) groups is 1. The number of ether oxygens (including phenoxy) is 3. The number of para-hydroxylation sites is 1. The van der Waals surface area contributed by atoms with Gasteiger partial charge in [0.25, 0.3) is 5.78 Å². The van der Waals surface area contributed by atoms with Crippen molar-refractivity contribution >= 4 is 57.3 Å². The summed E-state index contributed by atoms with van der Waals surface area (Å²) < 4.78 is 18.0. The second-order valence-corrected chi connectivity index (χ2v) is 12.8. The predicted octanol–water partition coefficient (Wildman–Crippen LogP) is 7.67. The first-order valence-corrected chi connectivity index (χ1v) is 16.4. The van der Waals surface area contributed by atoms with E-state index in [1.54, 1.807) is 42.5 Å². The number of fused-ring (bicyclic) bond motifs is 1. The van der Waals surface area contributed by atoms with Crippen LogP contribution >= 0.6 is 34.7 Å². The van der Waals surface area contributed by atoms with Gasteiger partial charge in [0.15, 0.2) is 15.8 Å². The molecule has 4 aromatic carbocycles. The van der Waals surface area contributed by atoms with Crippen LogP contribution in [0.1, 0.15) is 22.7 Å². The lowest BCUT2D eigenvalue weighted by atomic mass is 9.95. The second-order valence-electron chi connectivity index (χ2n) is 10.2. The number of aromatic nitrogens is 2. The monoisotopic (exact) mass is 669 g/mol. The van der Waals surface area contributed by atoms with E-state index < -0.39 is 17.7 Å². The number of rotatable bonds is 8. The number of carbonyl (C=O) groups excluding carboxylic acids is 2. The van der Waals surface area contributed by atoms with Gasteiger partial charge in [0, 0.05) is 16.3 Å². The normalized spacial score (nSPS) is 16.9. The van der Waals surface area contributed by atoms with Crippen LogP contribution in [0.4, 0.5) is 5.13 Å². The fourth-order valence-electron chi connectivity index (χ4n) is 5.18. The van der Waals surface area contributed by atoms with Crippen molar-refractivity contribution in [3.63, 3.8) is 0 Å². The van der Waals surface area contributed by atoms with Gasteiger partial charge in [-0.05, 0) is 59.7 Å². The van der Waals surface area contributed by atoms with Crippen molar-refractivity contribution in [3.8, 4) is 23.0 Å². The van der Waals surface area contributed by atoms with Crippen molar-refractivity contribution in [1.29, 1.82) is 0 Å². The molecule has 12 heteroatoms. The van der Waals surface area contributed by atoms with Gasteiger partial charge in [0.1, 0.15) is 30.5 Å². The molecule has 1 amide bonds. The molecule has 1 unspecified atom stereocenters. The number of hydrogen-bond donors (Lipinski definition) is 1. The molecular formula is C34H24ClN3O6S2. The van der Waals surface area contributed by atoms with Crippen molar-refractivity contribution in [2.75, 3.05) is 18.1 Å². The molecule has 1 N–H and O–H groups in total. The number of aliphatic hydroxyl groups excluding tert-OH is 1. The molecule has 0 saturated carbocycles. The third-order valence-electron chi connectivity index (χ3n) is 7.32. The van der Waals surface area contributed by atoms with Gasteiger partial charge in [-0.2, -0.15) is 0 Å². The topological polar surface area (TPSA) is 111 Å². The number of ketones is 1. The summed E-state index contributed by atoms with van der Waals surface area (Å²) in [4.78, 5) is 28.8. The Morgan fingerprint density at radius 1 is 0.913 bits per heavy atom. The Morgan fingerprint density at radius 2 is 1.67 bits per heavy atom. The van der Waals surface area contributed by atoms with E-state index in [0.717, 1.165) is 5.56 Å². The van der Waals surface area contributed by atoms with Crippen LogP contribution in [0.2, 0.25) is 5.02 Å². The molecule has 9 nitrogen and oxygen atoms in total. The lowest BCUT2D eigenvalue weighted by molar-refractivity contribution is -0.132. The molecule has 46 heavy (non-hydrogen) atoms. The highest BCUT2D eigenvalue weighted by molar-refractivity contribution is 8.00. The van der Waals surface area contributed by atoms with Gasteiger partial charge in [-0.25, -0.2) is 0 Å². The number of hydrogen-bond acceptors (Lipinski definition) is 10. The molecule has 3 heterocycles. The van der Waals surface area contributed by atoms with E-state index in [4.69, 9.17) is 25.8 Å². The Labute approximate surface area is 277 Å². The highest BCUT2D eigenvalue weighted by atomic mass is 35.5. The Hall–Kier alpha value is -4.84. The summed E-state index contributed by atoms with van der Waals surface area (Å²) in [6.07, 6.45) is 0. The Balaban J connectivity index is 1.29. The molecule has 1 aromatic heterocycles. The van der Waals surface area contributed by atoms with E-state index in [9.17, 15) is 14.7 Å². The van der Waals surface area contributed by atoms with Crippen molar-refractivity contribution in [2.24, 2.45) is 0 Å². The standard InChI is InChI=1S/C34H24ClN3O6S2/c35-25-12-5-4-7-22(25)19-45-34-37-36-33(46-34)38-29(20-8-6-11-24(17-20)44-23-9-2-1-3-10-23)28(31(40)32(38)41)30(39)21-13-14-26-27(18-21)43-16-15-42-26/h1-14,17-18,29,39H,15-16,19H2/b30-28+. The number of nitrogens with zero attached hydrogens (tertiary/aromatic N) is 3. The average Bonchev–Trinajstić information content (AvgIpc) is 3.66. The van der Waals surface area contributed by atoms with Crippen molar-refractivity contribution in [3.05, 3.63) is 124 Å². The van der Waals surface area contributed by atoms with E-state index in [1.807, 2.05) is 54.6 Å². The molecule has 1 fully saturated rings. The first kappa shape index (κ1) is 29.8. The maximum absolute atomic E-state index is 13.7. The van der Waals surface area contributed by atoms with Gasteiger partial charge in [0.2, 0.25) is 5.13 Å². The maximum Gasteiger partial charge on any atom is 0.301 e. The van der Waals surface area contributed by atoms with Gasteiger partial charge in [-0.1, -0.05) is 83.2 Å². The van der Waals surface area contributed by atoms with Crippen LogP contribution in [0, 0.1) is 0 Å². The summed E-state index contributed by atoms with van der Waals surface area (Å²) in [6.45, 7) is 0.759. The Morgan fingerprint density at radius 3 is 2.50 bits per heavy atom. The molecule has 5 aromatic rings. The zero-order chi connectivity index (χ0) is 31.6. The van der Waals surface area contributed by atoms with Crippen LogP contribution in [0.3, 0.4) is 0 Å². The number of carbonyl (C=O) groups is 2. The van der Waals surface area contributed by atoms with Crippen LogP contribution in [-0.2, 0) is 15.3 Å². The summed E-state index contributed by atoms with van der Waals surface area (Å²) in [6, 6.07) is 27.7. The van der Waals surface area contributed by atoms with Crippen LogP contribution in [-0.4, -0.2) is 40.2 Å². The minimum Gasteiger partial charge on any atom is -0.507 e. The lowest BCUT2D eigenvalue weighted by Crippen LogP contribution is -2.29. The molecule has 1 atom stereocenters. The zero-order valence-electron chi connectivity index (χ0n) is 24.0. The largest absolute Gasteiger partial charge is 0.507 e. The fraction of sp³-hybridized carbons (Fsp3) is 0.118. The van der Waals surface area contributed by atoms with Crippen molar-refractivity contribution in [2.45, 2.75) is 16.1 Å². The molecular weight excluding hydrogens is 646 g/mol. The molecule has 0 aliphatic carbocycles. The molecule has 1 saturated heterocycles. The number of aliphatic hydroxyl groups is 1. The maximum atomic E-state index is 13.7. The first-order valence-electron chi connectivity index (χ1n) is 14.2. The second kappa shape index (κ2) is 12.9. The van der Waals surface area contributed by atoms with Crippen LogP contribution in [0.5, 0.6) is 23.0 Å². The van der Waals surface area contributed by atoms with Crippen LogP contribution in [0.15, 0.2) is 107 Å². The highest BCUT2D eigenvalue weighted by Gasteiger charge is 2.48. The first-order chi connectivity index (χ1) is 22.5. The van der Waals surface area contributed by atoms with Gasteiger partial charge in [-0.15, -0.1) is 10.2 Å². The van der Waals surface area contributed by atoms with Gasteiger partial charge in [-0.3, -0.25) is 14.5 Å². The summed E-state index contributed by atoms with van der Waals surface area (Å²) in [5.74, 6) is 0.570. The average molecular weight is 670 g/mol. The Bertz CT molecular complexity index is 1980. The minimum atomic E-state index is -1.03. The number of benzene rings is 4. The summed E-state index contributed by atoms with van der Waals surface area (Å²) in [5, 5.41) is 21.1. The van der Waals surface area contributed by atoms with Crippen molar-refractivity contribution < 1.29 is 28.9 Å². The Kier molecular flexibility index (Phi) is 8.35. The third kappa shape index (κ3) is 5.92. The van der Waals surface area contributed by atoms with Gasteiger partial charge >= 0.3 is 5.91 Å². The molecule has 2 aliphatic heterocycles. The van der Waals surface area contributed by atoms with E-state index in [0.29, 0.717) is 62.5 Å².